The quantitative estimate of drug-likeness (QED) is 0.353. The van der Waals surface area contributed by atoms with E-state index in [1.165, 1.54) is 39.5 Å². The Labute approximate surface area is 210 Å². The molecule has 0 saturated heterocycles. The summed E-state index contributed by atoms with van der Waals surface area (Å²) in [5, 5.41) is 30.2. The first-order valence-corrected chi connectivity index (χ1v) is 11.3. The Balaban J connectivity index is 1.61. The number of aromatic hydroxyl groups is 2. The standard InChI is InChI=1S/C27H24O10/c1-32-15-10-17(30)23-21(11-15)37-26(27(34-3)24(23)31)14-5-7-18-20(9-14)36-25(22(12-28)35-18)13-4-6-16(29)19(8-13)33-2/h4-11,22,25,28-30H,12H2,1-3H3. The second kappa shape index (κ2) is 9.47. The molecule has 37 heavy (non-hydrogen) atoms. The summed E-state index contributed by atoms with van der Waals surface area (Å²) in [5.74, 6) is 0.963. The summed E-state index contributed by atoms with van der Waals surface area (Å²) in [6.45, 7) is -0.326. The fraction of sp³-hybridized carbons (Fsp3) is 0.222. The van der Waals surface area contributed by atoms with E-state index in [1.807, 2.05) is 0 Å². The van der Waals surface area contributed by atoms with Crippen LogP contribution in [0.25, 0.3) is 22.3 Å². The van der Waals surface area contributed by atoms with Gasteiger partial charge in [0, 0.05) is 23.3 Å². The molecule has 3 N–H and O–H groups in total. The van der Waals surface area contributed by atoms with Gasteiger partial charge in [-0.05, 0) is 30.3 Å². The Morgan fingerprint density at radius 1 is 0.865 bits per heavy atom. The number of rotatable bonds is 6. The van der Waals surface area contributed by atoms with Crippen molar-refractivity contribution in [3.05, 3.63) is 64.3 Å². The zero-order chi connectivity index (χ0) is 26.3. The second-order valence-electron chi connectivity index (χ2n) is 8.28. The van der Waals surface area contributed by atoms with Gasteiger partial charge in [-0.1, -0.05) is 6.07 Å². The van der Waals surface area contributed by atoms with Gasteiger partial charge in [0.25, 0.3) is 0 Å². The highest BCUT2D eigenvalue weighted by Crippen LogP contribution is 2.44. The molecule has 2 unspecified atom stereocenters. The van der Waals surface area contributed by atoms with Crippen LogP contribution in [-0.4, -0.2) is 49.4 Å². The Hall–Kier alpha value is -4.57. The van der Waals surface area contributed by atoms with E-state index in [2.05, 4.69) is 0 Å². The van der Waals surface area contributed by atoms with E-state index in [9.17, 15) is 20.1 Å². The lowest BCUT2D eigenvalue weighted by Crippen LogP contribution is -2.36. The van der Waals surface area contributed by atoms with Gasteiger partial charge >= 0.3 is 0 Å². The van der Waals surface area contributed by atoms with Crippen molar-refractivity contribution in [3.63, 3.8) is 0 Å². The van der Waals surface area contributed by atoms with E-state index in [-0.39, 0.29) is 46.3 Å². The van der Waals surface area contributed by atoms with Crippen LogP contribution in [0.5, 0.6) is 40.2 Å². The molecule has 2 heterocycles. The number of aliphatic hydroxyl groups is 1. The SMILES string of the molecule is COc1cc(O)c2c(=O)c(OC)c(-c3ccc4c(c3)OC(c3ccc(O)c(OC)c3)C(CO)O4)oc2c1. The molecule has 1 aliphatic heterocycles. The van der Waals surface area contributed by atoms with E-state index < -0.39 is 17.6 Å². The first-order valence-electron chi connectivity index (χ1n) is 11.3. The molecule has 0 spiro atoms. The van der Waals surface area contributed by atoms with Gasteiger partial charge in [-0.25, -0.2) is 0 Å². The normalized spacial score (nSPS) is 16.4. The first-order chi connectivity index (χ1) is 17.9. The van der Waals surface area contributed by atoms with Crippen molar-refractivity contribution in [2.45, 2.75) is 12.2 Å². The van der Waals surface area contributed by atoms with Crippen molar-refractivity contribution < 1.29 is 43.4 Å². The van der Waals surface area contributed by atoms with Crippen LogP contribution in [-0.2, 0) is 0 Å². The molecule has 10 heteroatoms. The summed E-state index contributed by atoms with van der Waals surface area (Å²) >= 11 is 0. The Kier molecular flexibility index (Phi) is 6.18. The minimum Gasteiger partial charge on any atom is -0.507 e. The van der Waals surface area contributed by atoms with Crippen molar-refractivity contribution in [3.8, 4) is 51.6 Å². The van der Waals surface area contributed by atoms with Gasteiger partial charge in [-0.3, -0.25) is 4.79 Å². The average Bonchev–Trinajstić information content (AvgIpc) is 2.91. The molecule has 2 atom stereocenters. The van der Waals surface area contributed by atoms with Crippen LogP contribution in [0.15, 0.2) is 57.7 Å². The zero-order valence-electron chi connectivity index (χ0n) is 20.2. The van der Waals surface area contributed by atoms with Gasteiger partial charge in [-0.2, -0.15) is 0 Å². The number of fused-ring (bicyclic) bond motifs is 2. The molecule has 0 radical (unpaired) electrons. The lowest BCUT2D eigenvalue weighted by Gasteiger charge is -2.33. The predicted octanol–water partition coefficient (Wildman–Crippen LogP) is 3.77. The van der Waals surface area contributed by atoms with E-state index in [0.29, 0.717) is 28.4 Å². The highest BCUT2D eigenvalue weighted by molar-refractivity contribution is 5.88. The van der Waals surface area contributed by atoms with Crippen molar-refractivity contribution in [1.82, 2.24) is 0 Å². The van der Waals surface area contributed by atoms with Crippen LogP contribution in [0.1, 0.15) is 11.7 Å². The number of methoxy groups -OCH3 is 3. The van der Waals surface area contributed by atoms with E-state index in [4.69, 9.17) is 28.1 Å². The molecule has 0 aliphatic carbocycles. The van der Waals surface area contributed by atoms with Gasteiger partial charge in [0.15, 0.2) is 41.0 Å². The topological polar surface area (TPSA) is 137 Å². The Morgan fingerprint density at radius 2 is 1.68 bits per heavy atom. The first kappa shape index (κ1) is 24.1. The molecule has 0 fully saturated rings. The molecule has 10 nitrogen and oxygen atoms in total. The molecule has 4 aromatic rings. The third kappa shape index (κ3) is 4.11. The fourth-order valence-corrected chi connectivity index (χ4v) is 4.31. The van der Waals surface area contributed by atoms with Gasteiger partial charge in [0.2, 0.25) is 11.2 Å². The third-order valence-electron chi connectivity index (χ3n) is 6.13. The van der Waals surface area contributed by atoms with Gasteiger partial charge in [0.1, 0.15) is 22.5 Å². The molecule has 5 rings (SSSR count). The van der Waals surface area contributed by atoms with Crippen molar-refractivity contribution in [1.29, 1.82) is 0 Å². The van der Waals surface area contributed by atoms with Crippen molar-refractivity contribution in [2.75, 3.05) is 27.9 Å². The van der Waals surface area contributed by atoms with Crippen LogP contribution in [0.2, 0.25) is 0 Å². The maximum atomic E-state index is 13.2. The number of ether oxygens (including phenoxy) is 5. The molecular formula is C27H24O10. The summed E-state index contributed by atoms with van der Waals surface area (Å²) in [4.78, 5) is 13.2. The van der Waals surface area contributed by atoms with Gasteiger partial charge < -0.3 is 43.4 Å². The summed E-state index contributed by atoms with van der Waals surface area (Å²) in [6, 6.07) is 12.5. The maximum absolute atomic E-state index is 13.2. The lowest BCUT2D eigenvalue weighted by atomic mass is 10.0. The minimum absolute atomic E-state index is 0.0349. The molecule has 3 aromatic carbocycles. The summed E-state index contributed by atoms with van der Waals surface area (Å²) < 4.78 is 34.0. The predicted molar refractivity (Wildman–Crippen MR) is 132 cm³/mol. The minimum atomic E-state index is -0.728. The van der Waals surface area contributed by atoms with Crippen LogP contribution in [0, 0.1) is 0 Å². The number of aliphatic hydroxyl groups excluding tert-OH is 1. The molecule has 0 bridgehead atoms. The van der Waals surface area contributed by atoms with Crippen LogP contribution in [0.4, 0.5) is 0 Å². The molecule has 1 aliphatic rings. The van der Waals surface area contributed by atoms with Crippen LogP contribution < -0.4 is 29.1 Å². The third-order valence-corrected chi connectivity index (χ3v) is 6.13. The highest BCUT2D eigenvalue weighted by atomic mass is 16.6. The molecule has 1 aromatic heterocycles. The molecule has 0 amide bonds. The Morgan fingerprint density at radius 3 is 2.38 bits per heavy atom. The molecule has 0 saturated carbocycles. The second-order valence-corrected chi connectivity index (χ2v) is 8.28. The Bertz CT molecular complexity index is 1540. The zero-order valence-corrected chi connectivity index (χ0v) is 20.2. The fourth-order valence-electron chi connectivity index (χ4n) is 4.31. The summed E-state index contributed by atoms with van der Waals surface area (Å²) in [7, 11) is 4.20. The smallest absolute Gasteiger partial charge is 0.239 e. The molecule has 192 valence electrons. The van der Waals surface area contributed by atoms with Gasteiger partial charge in [0.05, 0.1) is 27.9 Å². The summed E-state index contributed by atoms with van der Waals surface area (Å²) in [5.41, 5.74) is 0.622. The maximum Gasteiger partial charge on any atom is 0.239 e. The van der Waals surface area contributed by atoms with Crippen molar-refractivity contribution in [2.24, 2.45) is 0 Å². The number of hydrogen-bond acceptors (Lipinski definition) is 10. The lowest BCUT2D eigenvalue weighted by molar-refractivity contribution is -0.0123. The number of hydrogen-bond donors (Lipinski definition) is 3. The highest BCUT2D eigenvalue weighted by Gasteiger charge is 2.34. The summed E-state index contributed by atoms with van der Waals surface area (Å²) in [6.07, 6.45) is -1.45. The molecular weight excluding hydrogens is 484 g/mol. The number of benzene rings is 3. The van der Waals surface area contributed by atoms with E-state index in [1.54, 1.807) is 30.3 Å². The largest absolute Gasteiger partial charge is 0.507 e. The van der Waals surface area contributed by atoms with E-state index >= 15 is 0 Å². The van der Waals surface area contributed by atoms with Crippen molar-refractivity contribution >= 4 is 11.0 Å². The monoisotopic (exact) mass is 508 g/mol. The number of phenols is 2. The average molecular weight is 508 g/mol. The van der Waals surface area contributed by atoms with E-state index in [0.717, 1.165) is 0 Å². The van der Waals surface area contributed by atoms with Gasteiger partial charge in [-0.15, -0.1) is 0 Å². The van der Waals surface area contributed by atoms with Crippen LogP contribution >= 0.6 is 0 Å². The number of phenolic OH excluding ortho intramolecular Hbond substituents is 2. The van der Waals surface area contributed by atoms with Crippen LogP contribution in [0.3, 0.4) is 0 Å².